The van der Waals surface area contributed by atoms with Crippen LogP contribution in [0.1, 0.15) is 25.8 Å². The molecule has 0 saturated carbocycles. The Bertz CT molecular complexity index is 473. The quantitative estimate of drug-likeness (QED) is 0.791. The molecular formula is C14H18N2O3. The van der Waals surface area contributed by atoms with E-state index >= 15 is 0 Å². The molecule has 0 aromatic heterocycles. The molecule has 0 radical (unpaired) electrons. The van der Waals surface area contributed by atoms with Crippen LogP contribution in [0, 0.1) is 0 Å². The Morgan fingerprint density at radius 3 is 2.42 bits per heavy atom. The van der Waals surface area contributed by atoms with Crippen molar-refractivity contribution in [2.45, 2.75) is 31.9 Å². The number of urea groups is 1. The van der Waals surface area contributed by atoms with Gasteiger partial charge in [-0.2, -0.15) is 0 Å². The molecule has 1 aliphatic rings. The largest absolute Gasteiger partial charge is 0.379 e. The van der Waals surface area contributed by atoms with Crippen molar-refractivity contribution in [1.82, 2.24) is 10.6 Å². The van der Waals surface area contributed by atoms with Gasteiger partial charge in [0.25, 0.3) is 5.91 Å². The molecule has 1 atom stereocenters. The molecule has 1 aliphatic heterocycles. The summed E-state index contributed by atoms with van der Waals surface area (Å²) < 4.78 is 5.50. The van der Waals surface area contributed by atoms with Gasteiger partial charge in [0.1, 0.15) is 5.54 Å². The lowest BCUT2D eigenvalue weighted by Gasteiger charge is -2.26. The first-order valence-electron chi connectivity index (χ1n) is 6.35. The van der Waals surface area contributed by atoms with Gasteiger partial charge in [-0.25, -0.2) is 4.79 Å². The third-order valence-electron chi connectivity index (χ3n) is 3.14. The fourth-order valence-corrected chi connectivity index (χ4v) is 2.19. The normalized spacial score (nSPS) is 22.5. The van der Waals surface area contributed by atoms with Crippen molar-refractivity contribution in [2.75, 3.05) is 6.61 Å². The Morgan fingerprint density at radius 1 is 1.21 bits per heavy atom. The minimum atomic E-state index is -1.02. The standard InChI is InChI=1S/C14H18N2O3/c1-10(2)19-9-8-14(11-6-4-3-5-7-11)12(17)15-13(18)16-14/h3-7,10H,8-9H2,1-2H3,(H2,15,16,17,18)/t14-/m1/s1. The Kier molecular flexibility index (Phi) is 3.85. The van der Waals surface area contributed by atoms with Crippen molar-refractivity contribution in [2.24, 2.45) is 0 Å². The monoisotopic (exact) mass is 262 g/mol. The maximum atomic E-state index is 12.1. The van der Waals surface area contributed by atoms with Crippen molar-refractivity contribution in [3.05, 3.63) is 35.9 Å². The predicted octanol–water partition coefficient (Wildman–Crippen LogP) is 1.54. The summed E-state index contributed by atoms with van der Waals surface area (Å²) in [6, 6.07) is 8.77. The zero-order valence-electron chi connectivity index (χ0n) is 11.1. The van der Waals surface area contributed by atoms with Crippen molar-refractivity contribution < 1.29 is 14.3 Å². The van der Waals surface area contributed by atoms with Crippen LogP contribution in [0.3, 0.4) is 0 Å². The van der Waals surface area contributed by atoms with Crippen LogP contribution in [0.2, 0.25) is 0 Å². The number of imide groups is 1. The van der Waals surface area contributed by atoms with E-state index in [-0.39, 0.29) is 12.0 Å². The molecule has 1 saturated heterocycles. The molecule has 0 spiro atoms. The number of rotatable bonds is 5. The van der Waals surface area contributed by atoms with Crippen LogP contribution in [-0.4, -0.2) is 24.6 Å². The topological polar surface area (TPSA) is 67.4 Å². The molecule has 5 nitrogen and oxygen atoms in total. The van der Waals surface area contributed by atoms with E-state index in [0.29, 0.717) is 13.0 Å². The van der Waals surface area contributed by atoms with E-state index in [1.807, 2.05) is 44.2 Å². The zero-order valence-corrected chi connectivity index (χ0v) is 11.1. The number of carbonyl (C=O) groups excluding carboxylic acids is 2. The van der Waals surface area contributed by atoms with Crippen LogP contribution in [0.15, 0.2) is 30.3 Å². The number of carbonyl (C=O) groups is 2. The number of nitrogens with one attached hydrogen (secondary N) is 2. The fraction of sp³-hybridized carbons (Fsp3) is 0.429. The Labute approximate surface area is 112 Å². The molecule has 2 N–H and O–H groups in total. The zero-order chi connectivity index (χ0) is 13.9. The summed E-state index contributed by atoms with van der Waals surface area (Å²) in [5.41, 5.74) is -0.251. The van der Waals surface area contributed by atoms with Crippen LogP contribution in [0.4, 0.5) is 4.79 Å². The number of hydrogen-bond acceptors (Lipinski definition) is 3. The molecular weight excluding hydrogens is 244 g/mol. The summed E-state index contributed by atoms with van der Waals surface area (Å²) in [5.74, 6) is -0.323. The predicted molar refractivity (Wildman–Crippen MR) is 70.5 cm³/mol. The third-order valence-corrected chi connectivity index (χ3v) is 3.14. The molecule has 3 amide bonds. The Morgan fingerprint density at radius 2 is 1.89 bits per heavy atom. The molecule has 19 heavy (non-hydrogen) atoms. The second-order valence-corrected chi connectivity index (χ2v) is 4.85. The van der Waals surface area contributed by atoms with Gasteiger partial charge in [-0.1, -0.05) is 30.3 Å². The highest BCUT2D eigenvalue weighted by molar-refractivity contribution is 6.07. The molecule has 1 aromatic carbocycles. The van der Waals surface area contributed by atoms with E-state index in [1.165, 1.54) is 0 Å². The summed E-state index contributed by atoms with van der Waals surface area (Å²) in [7, 11) is 0. The fourth-order valence-electron chi connectivity index (χ4n) is 2.19. The second kappa shape index (κ2) is 5.40. The molecule has 0 aliphatic carbocycles. The van der Waals surface area contributed by atoms with Crippen molar-refractivity contribution >= 4 is 11.9 Å². The van der Waals surface area contributed by atoms with Gasteiger partial charge in [0, 0.05) is 6.42 Å². The van der Waals surface area contributed by atoms with E-state index in [4.69, 9.17) is 4.74 Å². The lowest BCUT2D eigenvalue weighted by molar-refractivity contribution is -0.125. The van der Waals surface area contributed by atoms with E-state index < -0.39 is 11.6 Å². The smallest absolute Gasteiger partial charge is 0.322 e. The Balaban J connectivity index is 2.24. The number of hydrogen-bond donors (Lipinski definition) is 2. The van der Waals surface area contributed by atoms with E-state index in [1.54, 1.807) is 0 Å². The summed E-state index contributed by atoms with van der Waals surface area (Å²) in [4.78, 5) is 23.6. The molecule has 1 aromatic rings. The molecule has 1 fully saturated rings. The molecule has 0 unspecified atom stereocenters. The average molecular weight is 262 g/mol. The first-order chi connectivity index (χ1) is 9.04. The van der Waals surface area contributed by atoms with Gasteiger partial charge in [-0.15, -0.1) is 0 Å². The molecule has 102 valence electrons. The van der Waals surface area contributed by atoms with Crippen LogP contribution in [0.5, 0.6) is 0 Å². The van der Waals surface area contributed by atoms with E-state index in [2.05, 4.69) is 10.6 Å². The van der Waals surface area contributed by atoms with Gasteiger partial charge in [0.05, 0.1) is 12.7 Å². The van der Waals surface area contributed by atoms with Crippen molar-refractivity contribution in [3.63, 3.8) is 0 Å². The molecule has 2 rings (SSSR count). The lowest BCUT2D eigenvalue weighted by Crippen LogP contribution is -2.44. The van der Waals surface area contributed by atoms with Gasteiger partial charge in [0.15, 0.2) is 0 Å². The summed E-state index contributed by atoms with van der Waals surface area (Å²) >= 11 is 0. The molecule has 5 heteroatoms. The van der Waals surface area contributed by atoms with E-state index in [0.717, 1.165) is 5.56 Å². The van der Waals surface area contributed by atoms with Gasteiger partial charge < -0.3 is 10.1 Å². The average Bonchev–Trinajstić information content (AvgIpc) is 2.66. The first-order valence-corrected chi connectivity index (χ1v) is 6.35. The van der Waals surface area contributed by atoms with Crippen LogP contribution in [-0.2, 0) is 15.1 Å². The highest BCUT2D eigenvalue weighted by Gasteiger charge is 2.47. The summed E-state index contributed by atoms with van der Waals surface area (Å²) in [6.45, 7) is 4.27. The molecule has 0 bridgehead atoms. The summed E-state index contributed by atoms with van der Waals surface area (Å²) in [5, 5.41) is 5.03. The highest BCUT2D eigenvalue weighted by atomic mass is 16.5. The number of benzene rings is 1. The van der Waals surface area contributed by atoms with Crippen molar-refractivity contribution in [3.8, 4) is 0 Å². The number of ether oxygens (including phenoxy) is 1. The van der Waals surface area contributed by atoms with Crippen LogP contribution in [0.25, 0.3) is 0 Å². The van der Waals surface area contributed by atoms with Crippen LogP contribution < -0.4 is 10.6 Å². The van der Waals surface area contributed by atoms with Gasteiger partial charge in [-0.3, -0.25) is 10.1 Å². The minimum Gasteiger partial charge on any atom is -0.379 e. The maximum absolute atomic E-state index is 12.1. The minimum absolute atomic E-state index is 0.0907. The van der Waals surface area contributed by atoms with Crippen molar-refractivity contribution in [1.29, 1.82) is 0 Å². The Hall–Kier alpha value is -1.88. The first kappa shape index (κ1) is 13.5. The second-order valence-electron chi connectivity index (χ2n) is 4.85. The SMILES string of the molecule is CC(C)OCC[C@]1(c2ccccc2)NC(=O)NC1=O. The maximum Gasteiger partial charge on any atom is 0.322 e. The summed E-state index contributed by atoms with van der Waals surface area (Å²) in [6.07, 6.45) is 0.500. The molecule has 1 heterocycles. The number of amides is 3. The highest BCUT2D eigenvalue weighted by Crippen LogP contribution is 2.28. The van der Waals surface area contributed by atoms with Crippen LogP contribution >= 0.6 is 0 Å². The van der Waals surface area contributed by atoms with E-state index in [9.17, 15) is 9.59 Å². The van der Waals surface area contributed by atoms with Gasteiger partial charge >= 0.3 is 6.03 Å². The van der Waals surface area contributed by atoms with Gasteiger partial charge in [-0.05, 0) is 19.4 Å². The van der Waals surface area contributed by atoms with Gasteiger partial charge in [0.2, 0.25) is 0 Å². The lowest BCUT2D eigenvalue weighted by atomic mass is 9.87. The third kappa shape index (κ3) is 2.76.